The zero-order chi connectivity index (χ0) is 15.5. The summed E-state index contributed by atoms with van der Waals surface area (Å²) < 4.78 is 5.29. The van der Waals surface area contributed by atoms with Crippen molar-refractivity contribution in [1.82, 2.24) is 5.43 Å². The van der Waals surface area contributed by atoms with Crippen LogP contribution in [0.25, 0.3) is 0 Å². The van der Waals surface area contributed by atoms with Gasteiger partial charge in [0.15, 0.2) is 0 Å². The first-order chi connectivity index (χ1) is 9.85. The van der Waals surface area contributed by atoms with Gasteiger partial charge in [0.05, 0.1) is 0 Å². The normalized spacial score (nSPS) is 18.7. The van der Waals surface area contributed by atoms with Crippen molar-refractivity contribution in [2.75, 3.05) is 0 Å². The number of carbonyl (C=O) groups is 2. The highest BCUT2D eigenvalue weighted by Crippen LogP contribution is 2.18. The molecule has 1 unspecified atom stereocenters. The Labute approximate surface area is 124 Å². The maximum Gasteiger partial charge on any atom is 0.355 e. The molecule has 1 aliphatic heterocycles. The molecule has 0 fully saturated rings. The molecule has 1 heterocycles. The second-order valence-corrected chi connectivity index (χ2v) is 6.13. The summed E-state index contributed by atoms with van der Waals surface area (Å²) in [5.41, 5.74) is 3.17. The SMILES string of the molecule is CC(C)(C)OC(=O)C1=NNC(=O)C(Cc2ccccc2)C1. The van der Waals surface area contributed by atoms with Crippen LogP contribution in [0.1, 0.15) is 32.8 Å². The van der Waals surface area contributed by atoms with E-state index in [0.717, 1.165) is 5.56 Å². The lowest BCUT2D eigenvalue weighted by atomic mass is 9.92. The minimum atomic E-state index is -0.573. The van der Waals surface area contributed by atoms with E-state index in [1.807, 2.05) is 30.3 Å². The van der Waals surface area contributed by atoms with Gasteiger partial charge in [-0.05, 0) is 32.8 Å². The van der Waals surface area contributed by atoms with Gasteiger partial charge in [0.1, 0.15) is 11.3 Å². The number of rotatable bonds is 3. The zero-order valence-electron chi connectivity index (χ0n) is 12.6. The molecule has 0 saturated heterocycles. The van der Waals surface area contributed by atoms with Crippen LogP contribution in [0.15, 0.2) is 35.4 Å². The van der Waals surface area contributed by atoms with Crippen LogP contribution in [-0.2, 0) is 20.7 Å². The number of nitrogens with zero attached hydrogens (tertiary/aromatic N) is 1. The Bertz CT molecular complexity index is 559. The number of nitrogens with one attached hydrogen (secondary N) is 1. The highest BCUT2D eigenvalue weighted by atomic mass is 16.6. The van der Waals surface area contributed by atoms with Crippen LogP contribution in [0.3, 0.4) is 0 Å². The highest BCUT2D eigenvalue weighted by Gasteiger charge is 2.31. The third-order valence-electron chi connectivity index (χ3n) is 3.07. The summed E-state index contributed by atoms with van der Waals surface area (Å²) in [6.45, 7) is 5.40. The molecule has 0 bridgehead atoms. The van der Waals surface area contributed by atoms with Crippen LogP contribution in [0.5, 0.6) is 0 Å². The fraction of sp³-hybridized carbons (Fsp3) is 0.438. The van der Waals surface area contributed by atoms with Gasteiger partial charge in [-0.3, -0.25) is 4.79 Å². The Morgan fingerprint density at radius 3 is 2.62 bits per heavy atom. The molecule has 0 radical (unpaired) electrons. The molecule has 1 N–H and O–H groups in total. The number of hydrogen-bond donors (Lipinski definition) is 1. The Kier molecular flexibility index (Phi) is 4.40. The fourth-order valence-corrected chi connectivity index (χ4v) is 2.12. The van der Waals surface area contributed by atoms with Crippen LogP contribution in [-0.4, -0.2) is 23.2 Å². The Hall–Kier alpha value is -2.17. The standard InChI is InChI=1S/C16H20N2O3/c1-16(2,3)21-15(20)13-10-12(14(19)18-17-13)9-11-7-5-4-6-8-11/h4-8,12H,9-10H2,1-3H3,(H,18,19). The summed E-state index contributed by atoms with van der Waals surface area (Å²) in [5.74, 6) is -0.931. The van der Waals surface area contributed by atoms with E-state index < -0.39 is 11.6 Å². The molecule has 1 atom stereocenters. The minimum Gasteiger partial charge on any atom is -0.455 e. The first-order valence-electron chi connectivity index (χ1n) is 6.99. The first-order valence-corrected chi connectivity index (χ1v) is 6.99. The van der Waals surface area contributed by atoms with E-state index in [0.29, 0.717) is 12.8 Å². The molecule has 5 heteroatoms. The molecule has 0 saturated carbocycles. The summed E-state index contributed by atoms with van der Waals surface area (Å²) in [6, 6.07) is 9.72. The van der Waals surface area contributed by atoms with Crippen LogP contribution in [0.4, 0.5) is 0 Å². The van der Waals surface area contributed by atoms with Gasteiger partial charge in [-0.25, -0.2) is 10.2 Å². The number of amides is 1. The van der Waals surface area contributed by atoms with Gasteiger partial charge in [0.2, 0.25) is 5.91 Å². The molecular formula is C16H20N2O3. The summed E-state index contributed by atoms with van der Waals surface area (Å²) >= 11 is 0. The number of carbonyl (C=O) groups excluding carboxylic acids is 2. The maximum absolute atomic E-state index is 12.0. The van der Waals surface area contributed by atoms with Crippen molar-refractivity contribution < 1.29 is 14.3 Å². The third kappa shape index (κ3) is 4.41. The smallest absolute Gasteiger partial charge is 0.355 e. The summed E-state index contributed by atoms with van der Waals surface area (Å²) in [5, 5.41) is 3.83. The summed E-state index contributed by atoms with van der Waals surface area (Å²) in [7, 11) is 0. The van der Waals surface area contributed by atoms with Crippen molar-refractivity contribution in [2.24, 2.45) is 11.0 Å². The monoisotopic (exact) mass is 288 g/mol. The zero-order valence-corrected chi connectivity index (χ0v) is 12.6. The molecule has 112 valence electrons. The van der Waals surface area contributed by atoms with E-state index >= 15 is 0 Å². The molecule has 0 aromatic heterocycles. The molecule has 1 aliphatic rings. The second kappa shape index (κ2) is 6.08. The van der Waals surface area contributed by atoms with Gasteiger partial charge in [0.25, 0.3) is 0 Å². The van der Waals surface area contributed by atoms with Crippen molar-refractivity contribution in [3.05, 3.63) is 35.9 Å². The maximum atomic E-state index is 12.0. The predicted molar refractivity (Wildman–Crippen MR) is 79.7 cm³/mol. The number of hydrogen-bond acceptors (Lipinski definition) is 4. The topological polar surface area (TPSA) is 67.8 Å². The van der Waals surface area contributed by atoms with E-state index in [-0.39, 0.29) is 17.5 Å². The van der Waals surface area contributed by atoms with E-state index in [1.54, 1.807) is 20.8 Å². The average molecular weight is 288 g/mol. The van der Waals surface area contributed by atoms with Gasteiger partial charge in [-0.1, -0.05) is 30.3 Å². The largest absolute Gasteiger partial charge is 0.455 e. The molecule has 1 aromatic rings. The van der Waals surface area contributed by atoms with Gasteiger partial charge >= 0.3 is 5.97 Å². The van der Waals surface area contributed by atoms with E-state index in [4.69, 9.17) is 4.74 Å². The molecule has 5 nitrogen and oxygen atoms in total. The first kappa shape index (κ1) is 15.2. The van der Waals surface area contributed by atoms with Crippen LogP contribution >= 0.6 is 0 Å². The van der Waals surface area contributed by atoms with Gasteiger partial charge in [0, 0.05) is 12.3 Å². The van der Waals surface area contributed by atoms with E-state index in [9.17, 15) is 9.59 Å². The van der Waals surface area contributed by atoms with Crippen molar-refractivity contribution in [3.8, 4) is 0 Å². The fourth-order valence-electron chi connectivity index (χ4n) is 2.12. The third-order valence-corrected chi connectivity index (χ3v) is 3.07. The molecule has 21 heavy (non-hydrogen) atoms. The van der Waals surface area contributed by atoms with Crippen molar-refractivity contribution in [3.63, 3.8) is 0 Å². The Balaban J connectivity index is 2.04. The Morgan fingerprint density at radius 2 is 2.00 bits per heavy atom. The van der Waals surface area contributed by atoms with Gasteiger partial charge in [-0.2, -0.15) is 5.10 Å². The summed E-state index contributed by atoms with van der Waals surface area (Å²) in [4.78, 5) is 23.9. The van der Waals surface area contributed by atoms with E-state index in [1.165, 1.54) is 0 Å². The lowest BCUT2D eigenvalue weighted by molar-refractivity contribution is -0.146. The lowest BCUT2D eigenvalue weighted by Gasteiger charge is -2.24. The number of ether oxygens (including phenoxy) is 1. The molecule has 0 spiro atoms. The van der Waals surface area contributed by atoms with Gasteiger partial charge < -0.3 is 4.74 Å². The lowest BCUT2D eigenvalue weighted by Crippen LogP contribution is -2.40. The highest BCUT2D eigenvalue weighted by molar-refractivity contribution is 6.37. The van der Waals surface area contributed by atoms with Crippen molar-refractivity contribution in [2.45, 2.75) is 39.2 Å². The van der Waals surface area contributed by atoms with Crippen LogP contribution in [0.2, 0.25) is 0 Å². The molecule has 1 aromatic carbocycles. The number of esters is 1. The molecular weight excluding hydrogens is 268 g/mol. The number of benzene rings is 1. The van der Waals surface area contributed by atoms with Crippen molar-refractivity contribution >= 4 is 17.6 Å². The van der Waals surface area contributed by atoms with E-state index in [2.05, 4.69) is 10.5 Å². The molecule has 2 rings (SSSR count). The van der Waals surface area contributed by atoms with Crippen LogP contribution in [0, 0.1) is 5.92 Å². The second-order valence-electron chi connectivity index (χ2n) is 6.13. The average Bonchev–Trinajstić information content (AvgIpc) is 2.40. The Morgan fingerprint density at radius 1 is 1.33 bits per heavy atom. The minimum absolute atomic E-state index is 0.161. The summed E-state index contributed by atoms with van der Waals surface area (Å²) in [6.07, 6.45) is 0.879. The predicted octanol–water partition coefficient (Wildman–Crippen LogP) is 2.06. The molecule has 1 amide bonds. The van der Waals surface area contributed by atoms with Crippen LogP contribution < -0.4 is 5.43 Å². The molecule has 0 aliphatic carbocycles. The van der Waals surface area contributed by atoms with Crippen molar-refractivity contribution in [1.29, 1.82) is 0 Å². The number of hydrazone groups is 1. The quantitative estimate of drug-likeness (QED) is 0.866. The van der Waals surface area contributed by atoms with Gasteiger partial charge in [-0.15, -0.1) is 0 Å².